The summed E-state index contributed by atoms with van der Waals surface area (Å²) in [5, 5.41) is 2.53. The molecule has 0 saturated heterocycles. The lowest BCUT2D eigenvalue weighted by molar-refractivity contribution is -0.123. The average Bonchev–Trinajstić information content (AvgIpc) is 2.50. The third-order valence-corrected chi connectivity index (χ3v) is 2.66. The molecule has 1 N–H and O–H groups in total. The number of nitrogens with zero attached hydrogens (tertiary/aromatic N) is 1. The first-order valence-electron chi connectivity index (χ1n) is 6.23. The number of rotatable bonds is 4. The third kappa shape index (κ3) is 4.10. The molecule has 1 amide bonds. The van der Waals surface area contributed by atoms with Crippen molar-refractivity contribution >= 4 is 17.6 Å². The molecule has 21 heavy (non-hydrogen) atoms. The summed E-state index contributed by atoms with van der Waals surface area (Å²) in [6.45, 7) is 1.45. The van der Waals surface area contributed by atoms with Crippen LogP contribution in [0.1, 0.15) is 17.3 Å². The Bertz CT molecular complexity index is 629. The Morgan fingerprint density at radius 1 is 1.24 bits per heavy atom. The van der Waals surface area contributed by atoms with Gasteiger partial charge in [-0.25, -0.2) is 9.18 Å². The number of benzene rings is 1. The van der Waals surface area contributed by atoms with E-state index in [4.69, 9.17) is 4.74 Å². The molecule has 108 valence electrons. The van der Waals surface area contributed by atoms with Gasteiger partial charge in [0, 0.05) is 18.1 Å². The van der Waals surface area contributed by atoms with E-state index in [0.29, 0.717) is 5.69 Å². The van der Waals surface area contributed by atoms with Crippen LogP contribution in [0, 0.1) is 5.82 Å². The molecule has 6 heteroatoms. The third-order valence-electron chi connectivity index (χ3n) is 2.66. The zero-order chi connectivity index (χ0) is 15.2. The lowest BCUT2D eigenvalue weighted by atomic mass is 10.2. The van der Waals surface area contributed by atoms with Crippen LogP contribution in [-0.2, 0) is 9.53 Å². The molecule has 0 spiro atoms. The van der Waals surface area contributed by atoms with Crippen LogP contribution in [0.3, 0.4) is 0 Å². The molecule has 1 heterocycles. The quantitative estimate of drug-likeness (QED) is 0.877. The predicted octanol–water partition coefficient (Wildman–Crippen LogP) is 2.40. The normalized spacial score (nSPS) is 11.5. The van der Waals surface area contributed by atoms with Crippen LogP contribution >= 0.6 is 0 Å². The second-order valence-corrected chi connectivity index (χ2v) is 4.29. The van der Waals surface area contributed by atoms with Gasteiger partial charge in [0.05, 0.1) is 5.56 Å². The number of halogens is 1. The monoisotopic (exact) mass is 288 g/mol. The number of carbonyl (C=O) groups is 2. The molecule has 0 saturated carbocycles. The van der Waals surface area contributed by atoms with E-state index in [-0.39, 0.29) is 5.56 Å². The summed E-state index contributed by atoms with van der Waals surface area (Å²) in [4.78, 5) is 27.4. The van der Waals surface area contributed by atoms with Crippen molar-refractivity contribution < 1.29 is 18.7 Å². The molecule has 0 aliphatic rings. The van der Waals surface area contributed by atoms with Gasteiger partial charge in [0.2, 0.25) is 0 Å². The molecule has 0 bridgehead atoms. The summed E-state index contributed by atoms with van der Waals surface area (Å²) in [6, 6.07) is 8.43. The number of pyridine rings is 1. The molecule has 0 fully saturated rings. The Morgan fingerprint density at radius 3 is 2.57 bits per heavy atom. The zero-order valence-corrected chi connectivity index (χ0v) is 11.2. The summed E-state index contributed by atoms with van der Waals surface area (Å²) in [5.74, 6) is -1.53. The molecular formula is C15H13FN2O3. The molecule has 1 aromatic carbocycles. The SMILES string of the molecule is C[C@@H](OC(=O)c1cccnc1)C(=O)Nc1ccc(F)cc1. The van der Waals surface area contributed by atoms with Gasteiger partial charge >= 0.3 is 5.97 Å². The van der Waals surface area contributed by atoms with Gasteiger partial charge in [0.1, 0.15) is 5.82 Å². The highest BCUT2D eigenvalue weighted by atomic mass is 19.1. The Labute approximate surface area is 120 Å². The topological polar surface area (TPSA) is 68.3 Å². The van der Waals surface area contributed by atoms with Crippen molar-refractivity contribution in [3.63, 3.8) is 0 Å². The van der Waals surface area contributed by atoms with Gasteiger partial charge in [0.15, 0.2) is 6.10 Å². The Kier molecular flexibility index (Phi) is 4.61. The van der Waals surface area contributed by atoms with Gasteiger partial charge in [-0.2, -0.15) is 0 Å². The minimum Gasteiger partial charge on any atom is -0.449 e. The van der Waals surface area contributed by atoms with Gasteiger partial charge in [0.25, 0.3) is 5.91 Å². The summed E-state index contributed by atoms with van der Waals surface area (Å²) in [6.07, 6.45) is 1.90. The average molecular weight is 288 g/mol. The molecular weight excluding hydrogens is 275 g/mol. The molecule has 5 nitrogen and oxygen atoms in total. The number of hydrogen-bond donors (Lipinski definition) is 1. The highest BCUT2D eigenvalue weighted by molar-refractivity contribution is 5.97. The first-order valence-corrected chi connectivity index (χ1v) is 6.23. The lowest BCUT2D eigenvalue weighted by Gasteiger charge is -2.13. The predicted molar refractivity (Wildman–Crippen MR) is 74.1 cm³/mol. The van der Waals surface area contributed by atoms with E-state index in [1.54, 1.807) is 12.1 Å². The fourth-order valence-electron chi connectivity index (χ4n) is 1.54. The van der Waals surface area contributed by atoms with E-state index in [9.17, 15) is 14.0 Å². The van der Waals surface area contributed by atoms with Crippen molar-refractivity contribution in [1.82, 2.24) is 4.98 Å². The molecule has 0 unspecified atom stereocenters. The number of amides is 1. The maximum absolute atomic E-state index is 12.8. The fraction of sp³-hybridized carbons (Fsp3) is 0.133. The van der Waals surface area contributed by atoms with Crippen LogP contribution in [0.15, 0.2) is 48.8 Å². The number of anilines is 1. The van der Waals surface area contributed by atoms with Crippen LogP contribution in [0.4, 0.5) is 10.1 Å². The number of ether oxygens (including phenoxy) is 1. The van der Waals surface area contributed by atoms with Crippen LogP contribution in [0.25, 0.3) is 0 Å². The van der Waals surface area contributed by atoms with Crippen LogP contribution < -0.4 is 5.32 Å². The second-order valence-electron chi connectivity index (χ2n) is 4.29. The summed E-state index contributed by atoms with van der Waals surface area (Å²) in [5.41, 5.74) is 0.685. The van der Waals surface area contributed by atoms with E-state index >= 15 is 0 Å². The lowest BCUT2D eigenvalue weighted by Crippen LogP contribution is -2.30. The van der Waals surface area contributed by atoms with Crippen molar-refractivity contribution in [2.24, 2.45) is 0 Å². The highest BCUT2D eigenvalue weighted by Gasteiger charge is 2.19. The molecule has 0 radical (unpaired) electrons. The fourth-order valence-corrected chi connectivity index (χ4v) is 1.54. The van der Waals surface area contributed by atoms with Crippen molar-refractivity contribution in [1.29, 1.82) is 0 Å². The summed E-state index contributed by atoms with van der Waals surface area (Å²) >= 11 is 0. The Morgan fingerprint density at radius 2 is 1.95 bits per heavy atom. The smallest absolute Gasteiger partial charge is 0.340 e. The van der Waals surface area contributed by atoms with Crippen molar-refractivity contribution in [2.45, 2.75) is 13.0 Å². The minimum absolute atomic E-state index is 0.263. The molecule has 2 rings (SSSR count). The van der Waals surface area contributed by atoms with Gasteiger partial charge in [-0.15, -0.1) is 0 Å². The minimum atomic E-state index is -0.984. The van der Waals surface area contributed by atoms with Crippen LogP contribution in [-0.4, -0.2) is 23.0 Å². The van der Waals surface area contributed by atoms with Gasteiger partial charge in [-0.05, 0) is 43.3 Å². The number of esters is 1. The number of hydrogen-bond acceptors (Lipinski definition) is 4. The largest absolute Gasteiger partial charge is 0.449 e. The van der Waals surface area contributed by atoms with Crippen LogP contribution in [0.5, 0.6) is 0 Å². The van der Waals surface area contributed by atoms with E-state index in [0.717, 1.165) is 0 Å². The second kappa shape index (κ2) is 6.60. The molecule has 0 aliphatic carbocycles. The molecule has 0 aliphatic heterocycles. The first-order chi connectivity index (χ1) is 10.1. The van der Waals surface area contributed by atoms with E-state index in [2.05, 4.69) is 10.3 Å². The molecule has 1 aromatic heterocycles. The summed E-state index contributed by atoms with van der Waals surface area (Å²) in [7, 11) is 0. The number of nitrogens with one attached hydrogen (secondary N) is 1. The van der Waals surface area contributed by atoms with Crippen molar-refractivity contribution in [3.8, 4) is 0 Å². The highest BCUT2D eigenvalue weighted by Crippen LogP contribution is 2.10. The van der Waals surface area contributed by atoms with Crippen molar-refractivity contribution in [3.05, 3.63) is 60.2 Å². The van der Waals surface area contributed by atoms with Gasteiger partial charge < -0.3 is 10.1 Å². The number of aromatic nitrogens is 1. The maximum atomic E-state index is 12.8. The molecule has 2 aromatic rings. The van der Waals surface area contributed by atoms with E-state index in [1.807, 2.05) is 0 Å². The van der Waals surface area contributed by atoms with E-state index < -0.39 is 23.8 Å². The first kappa shape index (κ1) is 14.6. The van der Waals surface area contributed by atoms with Gasteiger partial charge in [-0.3, -0.25) is 9.78 Å². The summed E-state index contributed by atoms with van der Waals surface area (Å²) < 4.78 is 17.8. The zero-order valence-electron chi connectivity index (χ0n) is 11.2. The Balaban J connectivity index is 1.93. The maximum Gasteiger partial charge on any atom is 0.340 e. The number of carbonyl (C=O) groups excluding carboxylic acids is 2. The van der Waals surface area contributed by atoms with Crippen molar-refractivity contribution in [2.75, 3.05) is 5.32 Å². The van der Waals surface area contributed by atoms with E-state index in [1.165, 1.54) is 43.6 Å². The molecule has 1 atom stereocenters. The van der Waals surface area contributed by atoms with Crippen LogP contribution in [0.2, 0.25) is 0 Å². The van der Waals surface area contributed by atoms with Gasteiger partial charge in [-0.1, -0.05) is 0 Å². The standard InChI is InChI=1S/C15H13FN2O3/c1-10(21-15(20)11-3-2-8-17-9-11)14(19)18-13-6-4-12(16)5-7-13/h2-10H,1H3,(H,18,19)/t10-/m1/s1. The Hall–Kier alpha value is -2.76.